The molecule has 1 fully saturated rings. The highest BCUT2D eigenvalue weighted by atomic mass is 16.4. The number of carbonyl (C=O) groups is 2. The maximum absolute atomic E-state index is 12.0. The molecule has 0 aliphatic carbocycles. The van der Waals surface area contributed by atoms with Crippen molar-refractivity contribution in [2.24, 2.45) is 5.92 Å². The molecule has 2 unspecified atom stereocenters. The Balaban J connectivity index is 1.83. The zero-order valence-corrected chi connectivity index (χ0v) is 12.0. The van der Waals surface area contributed by atoms with Gasteiger partial charge in [-0.25, -0.2) is 9.59 Å². The highest BCUT2D eigenvalue weighted by molar-refractivity contribution is 5.87. The van der Waals surface area contributed by atoms with Crippen molar-refractivity contribution in [2.45, 2.75) is 26.0 Å². The lowest BCUT2D eigenvalue weighted by Gasteiger charge is -2.18. The van der Waals surface area contributed by atoms with E-state index in [0.717, 1.165) is 12.0 Å². The minimum absolute atomic E-state index is 0.144. The van der Waals surface area contributed by atoms with E-state index in [1.807, 2.05) is 0 Å². The number of aromatic carboxylic acids is 1. The van der Waals surface area contributed by atoms with E-state index in [9.17, 15) is 14.7 Å². The molecular formula is C15H20N2O4. The molecule has 0 spiro atoms. The van der Waals surface area contributed by atoms with Crippen LogP contribution in [-0.4, -0.2) is 46.3 Å². The van der Waals surface area contributed by atoms with Crippen LogP contribution in [0.5, 0.6) is 0 Å². The number of carbonyl (C=O) groups excluding carboxylic acids is 1. The summed E-state index contributed by atoms with van der Waals surface area (Å²) in [5, 5.41) is 21.1. The van der Waals surface area contributed by atoms with Crippen LogP contribution in [0.15, 0.2) is 24.3 Å². The molecule has 2 atom stereocenters. The number of aliphatic hydroxyl groups excluding tert-OH is 1. The molecule has 2 amide bonds. The molecule has 2 rings (SSSR count). The van der Waals surface area contributed by atoms with E-state index < -0.39 is 12.1 Å². The van der Waals surface area contributed by atoms with Gasteiger partial charge in [-0.05, 0) is 31.0 Å². The van der Waals surface area contributed by atoms with Crippen LogP contribution in [0.4, 0.5) is 4.79 Å². The Morgan fingerprint density at radius 1 is 1.38 bits per heavy atom. The Hall–Kier alpha value is -2.08. The van der Waals surface area contributed by atoms with Crippen LogP contribution in [0, 0.1) is 5.92 Å². The standard InChI is InChI=1S/C15H20N2O4/c1-10(18)13-6-7-17(9-13)15(21)16-8-11-2-4-12(5-3-11)14(19)20/h2-5,10,13,18H,6-9H2,1H3,(H,16,21)(H,19,20). The van der Waals surface area contributed by atoms with E-state index in [1.165, 1.54) is 12.1 Å². The number of hydrogen-bond donors (Lipinski definition) is 3. The van der Waals surface area contributed by atoms with Crippen molar-refractivity contribution in [2.75, 3.05) is 13.1 Å². The van der Waals surface area contributed by atoms with Crippen molar-refractivity contribution in [3.63, 3.8) is 0 Å². The highest BCUT2D eigenvalue weighted by Crippen LogP contribution is 2.19. The maximum atomic E-state index is 12.0. The first-order valence-electron chi connectivity index (χ1n) is 7.00. The first kappa shape index (κ1) is 15.3. The van der Waals surface area contributed by atoms with E-state index >= 15 is 0 Å². The summed E-state index contributed by atoms with van der Waals surface area (Å²) < 4.78 is 0. The molecule has 3 N–H and O–H groups in total. The van der Waals surface area contributed by atoms with E-state index in [-0.39, 0.29) is 17.5 Å². The van der Waals surface area contributed by atoms with Gasteiger partial charge in [0.1, 0.15) is 0 Å². The summed E-state index contributed by atoms with van der Waals surface area (Å²) in [6.45, 7) is 3.32. The molecule has 21 heavy (non-hydrogen) atoms. The van der Waals surface area contributed by atoms with Crippen molar-refractivity contribution < 1.29 is 19.8 Å². The third-order valence-corrected chi connectivity index (χ3v) is 3.84. The van der Waals surface area contributed by atoms with Gasteiger partial charge in [0.05, 0.1) is 11.7 Å². The number of benzene rings is 1. The van der Waals surface area contributed by atoms with Crippen LogP contribution >= 0.6 is 0 Å². The molecule has 1 saturated heterocycles. The quantitative estimate of drug-likeness (QED) is 0.780. The topological polar surface area (TPSA) is 89.9 Å². The van der Waals surface area contributed by atoms with Gasteiger partial charge >= 0.3 is 12.0 Å². The van der Waals surface area contributed by atoms with Crippen LogP contribution in [0.25, 0.3) is 0 Å². The molecule has 0 radical (unpaired) electrons. The number of nitrogens with zero attached hydrogens (tertiary/aromatic N) is 1. The first-order chi connectivity index (χ1) is 9.97. The summed E-state index contributed by atoms with van der Waals surface area (Å²) in [7, 11) is 0. The number of hydrogen-bond acceptors (Lipinski definition) is 3. The number of amides is 2. The molecule has 1 aliphatic rings. The smallest absolute Gasteiger partial charge is 0.335 e. The Kier molecular flexibility index (Phi) is 4.80. The van der Waals surface area contributed by atoms with Gasteiger partial charge in [-0.3, -0.25) is 0 Å². The molecular weight excluding hydrogens is 272 g/mol. The zero-order valence-electron chi connectivity index (χ0n) is 12.0. The van der Waals surface area contributed by atoms with Crippen LogP contribution in [0.1, 0.15) is 29.3 Å². The minimum Gasteiger partial charge on any atom is -0.478 e. The molecule has 0 aromatic heterocycles. The van der Waals surface area contributed by atoms with E-state index in [1.54, 1.807) is 24.0 Å². The SMILES string of the molecule is CC(O)C1CCN(C(=O)NCc2ccc(C(=O)O)cc2)C1. The van der Waals surface area contributed by atoms with E-state index in [4.69, 9.17) is 5.11 Å². The van der Waals surface area contributed by atoms with Crippen LogP contribution in [0.2, 0.25) is 0 Å². The molecule has 6 heteroatoms. The summed E-state index contributed by atoms with van der Waals surface area (Å²) in [6, 6.07) is 6.26. The maximum Gasteiger partial charge on any atom is 0.335 e. The second kappa shape index (κ2) is 6.58. The van der Waals surface area contributed by atoms with Gasteiger partial charge in [-0.2, -0.15) is 0 Å². The molecule has 1 aromatic carbocycles. The Morgan fingerprint density at radius 2 is 2.05 bits per heavy atom. The first-order valence-corrected chi connectivity index (χ1v) is 7.00. The number of aliphatic hydroxyl groups is 1. The molecule has 1 aromatic rings. The zero-order chi connectivity index (χ0) is 15.4. The summed E-state index contributed by atoms with van der Waals surface area (Å²) in [6.07, 6.45) is 0.421. The van der Waals surface area contributed by atoms with Gasteiger partial charge in [-0.1, -0.05) is 12.1 Å². The van der Waals surface area contributed by atoms with Crippen molar-refractivity contribution >= 4 is 12.0 Å². The largest absolute Gasteiger partial charge is 0.478 e. The fourth-order valence-corrected chi connectivity index (χ4v) is 2.42. The van der Waals surface area contributed by atoms with Crippen molar-refractivity contribution in [3.05, 3.63) is 35.4 Å². The third-order valence-electron chi connectivity index (χ3n) is 3.84. The predicted molar refractivity (Wildman–Crippen MR) is 77.0 cm³/mol. The average Bonchev–Trinajstić information content (AvgIpc) is 2.95. The number of urea groups is 1. The molecule has 0 bridgehead atoms. The molecule has 0 saturated carbocycles. The van der Waals surface area contributed by atoms with Crippen LogP contribution < -0.4 is 5.32 Å². The van der Waals surface area contributed by atoms with E-state index in [0.29, 0.717) is 19.6 Å². The molecule has 1 heterocycles. The molecule has 114 valence electrons. The number of rotatable bonds is 4. The van der Waals surface area contributed by atoms with Gasteiger partial charge < -0.3 is 20.4 Å². The number of likely N-dealkylation sites (tertiary alicyclic amines) is 1. The fraction of sp³-hybridized carbons (Fsp3) is 0.467. The van der Waals surface area contributed by atoms with E-state index in [2.05, 4.69) is 5.32 Å². The lowest BCUT2D eigenvalue weighted by molar-refractivity contribution is 0.0696. The predicted octanol–water partition coefficient (Wildman–Crippen LogP) is 1.30. The van der Waals surface area contributed by atoms with Gasteiger partial charge in [0, 0.05) is 25.6 Å². The molecule has 1 aliphatic heterocycles. The fourth-order valence-electron chi connectivity index (χ4n) is 2.42. The van der Waals surface area contributed by atoms with Crippen LogP contribution in [0.3, 0.4) is 0 Å². The van der Waals surface area contributed by atoms with Crippen LogP contribution in [-0.2, 0) is 6.54 Å². The second-order valence-electron chi connectivity index (χ2n) is 5.40. The Labute approximate surface area is 123 Å². The summed E-state index contributed by atoms with van der Waals surface area (Å²) in [4.78, 5) is 24.4. The number of carboxylic acid groups (broad SMARTS) is 1. The lowest BCUT2D eigenvalue weighted by atomic mass is 10.0. The minimum atomic E-state index is -0.966. The number of carboxylic acids is 1. The average molecular weight is 292 g/mol. The Morgan fingerprint density at radius 3 is 2.57 bits per heavy atom. The van der Waals surface area contributed by atoms with Crippen molar-refractivity contribution in [1.82, 2.24) is 10.2 Å². The summed E-state index contributed by atoms with van der Waals surface area (Å²) in [5.74, 6) is -0.822. The van der Waals surface area contributed by atoms with Gasteiger partial charge in [0.15, 0.2) is 0 Å². The van der Waals surface area contributed by atoms with Crippen molar-refractivity contribution in [1.29, 1.82) is 0 Å². The van der Waals surface area contributed by atoms with Crippen molar-refractivity contribution in [3.8, 4) is 0 Å². The second-order valence-corrected chi connectivity index (χ2v) is 5.40. The third kappa shape index (κ3) is 3.95. The monoisotopic (exact) mass is 292 g/mol. The normalized spacial score (nSPS) is 19.3. The molecule has 6 nitrogen and oxygen atoms in total. The summed E-state index contributed by atoms with van der Waals surface area (Å²) >= 11 is 0. The Bertz CT molecular complexity index is 513. The summed E-state index contributed by atoms with van der Waals surface area (Å²) in [5.41, 5.74) is 1.07. The number of nitrogens with one attached hydrogen (secondary N) is 1. The van der Waals surface area contributed by atoms with Gasteiger partial charge in [0.25, 0.3) is 0 Å². The highest BCUT2D eigenvalue weighted by Gasteiger charge is 2.28. The van der Waals surface area contributed by atoms with Gasteiger partial charge in [-0.15, -0.1) is 0 Å². The van der Waals surface area contributed by atoms with Gasteiger partial charge in [0.2, 0.25) is 0 Å². The lowest BCUT2D eigenvalue weighted by Crippen LogP contribution is -2.38.